The minimum atomic E-state index is -4.66. The number of carbonyl (C=O) groups is 1. The third-order valence-electron chi connectivity index (χ3n) is 8.00. The zero-order valence-electron chi connectivity index (χ0n) is 24.1. The number of fused-ring (bicyclic) bond motifs is 2. The lowest BCUT2D eigenvalue weighted by molar-refractivity contribution is -0.139. The predicted octanol–water partition coefficient (Wildman–Crippen LogP) is 6.95. The number of carboxylic acids is 1. The molecule has 6 rings (SSSR count). The number of aromatic nitrogens is 4. The van der Waals surface area contributed by atoms with Gasteiger partial charge in [0, 0.05) is 36.4 Å². The molecular weight excluding hydrogens is 614 g/mol. The second-order valence-corrected chi connectivity index (χ2v) is 11.3. The minimum Gasteiger partial charge on any atom is -0.488 e. The molecule has 3 aromatic carbocycles. The van der Waals surface area contributed by atoms with E-state index in [2.05, 4.69) is 9.88 Å². The second kappa shape index (κ2) is 12.2. The quantitative estimate of drug-likeness (QED) is 0.175. The van der Waals surface area contributed by atoms with Gasteiger partial charge in [-0.1, -0.05) is 17.7 Å². The SMILES string of the molecule is CCn1cncc1Cn1c(CN2CCc3cc(C(F)(F)F)c(OCc4ccc(Cl)cc4F)cc3C2)nc2ccc(C(=O)O)cc21. The summed E-state index contributed by atoms with van der Waals surface area (Å²) in [5.41, 5.74) is 2.75. The smallest absolute Gasteiger partial charge is 0.419 e. The number of imidazole rings is 2. The van der Waals surface area contributed by atoms with Crippen molar-refractivity contribution in [3.8, 4) is 5.75 Å². The number of carboxylic acid groups (broad SMARTS) is 1. The van der Waals surface area contributed by atoms with E-state index in [4.69, 9.17) is 21.3 Å². The third-order valence-corrected chi connectivity index (χ3v) is 8.23. The summed E-state index contributed by atoms with van der Waals surface area (Å²) in [5, 5.41) is 9.77. The lowest BCUT2D eigenvalue weighted by Crippen LogP contribution is -2.31. The van der Waals surface area contributed by atoms with Gasteiger partial charge < -0.3 is 19.0 Å². The van der Waals surface area contributed by atoms with Crippen LogP contribution in [0.5, 0.6) is 5.75 Å². The molecule has 0 radical (unpaired) electrons. The fraction of sp³-hybridized carbons (Fsp3) is 0.281. The number of alkyl halides is 3. The van der Waals surface area contributed by atoms with Gasteiger partial charge in [-0.2, -0.15) is 13.2 Å². The van der Waals surface area contributed by atoms with Crippen LogP contribution >= 0.6 is 11.6 Å². The number of benzene rings is 3. The van der Waals surface area contributed by atoms with Crippen molar-refractivity contribution in [3.05, 3.63) is 111 Å². The first-order valence-electron chi connectivity index (χ1n) is 14.2. The average Bonchev–Trinajstić information content (AvgIpc) is 3.59. The molecule has 8 nitrogen and oxygen atoms in total. The second-order valence-electron chi connectivity index (χ2n) is 10.9. The Labute approximate surface area is 260 Å². The van der Waals surface area contributed by atoms with Gasteiger partial charge in [0.25, 0.3) is 0 Å². The van der Waals surface area contributed by atoms with Crippen LogP contribution in [-0.4, -0.2) is 41.6 Å². The minimum absolute atomic E-state index is 0.0845. The van der Waals surface area contributed by atoms with Gasteiger partial charge >= 0.3 is 12.1 Å². The molecule has 234 valence electrons. The molecule has 0 bridgehead atoms. The number of nitrogens with zero attached hydrogens (tertiary/aromatic N) is 5. The van der Waals surface area contributed by atoms with Crippen LogP contribution in [-0.2, 0) is 45.4 Å². The van der Waals surface area contributed by atoms with E-state index in [0.717, 1.165) is 17.8 Å². The van der Waals surface area contributed by atoms with Crippen molar-refractivity contribution in [1.29, 1.82) is 0 Å². The van der Waals surface area contributed by atoms with Gasteiger partial charge in [-0.15, -0.1) is 0 Å². The lowest BCUT2D eigenvalue weighted by Gasteiger charge is -2.30. The summed E-state index contributed by atoms with van der Waals surface area (Å²) >= 11 is 5.80. The molecule has 1 N–H and O–H groups in total. The third kappa shape index (κ3) is 6.38. The van der Waals surface area contributed by atoms with E-state index in [1.807, 2.05) is 16.1 Å². The van der Waals surface area contributed by atoms with Gasteiger partial charge in [-0.05, 0) is 66.9 Å². The van der Waals surface area contributed by atoms with Crippen LogP contribution in [0.4, 0.5) is 17.6 Å². The maximum absolute atomic E-state index is 14.3. The van der Waals surface area contributed by atoms with Gasteiger partial charge in [0.15, 0.2) is 0 Å². The molecule has 13 heteroatoms. The van der Waals surface area contributed by atoms with Crippen LogP contribution in [0, 0.1) is 5.82 Å². The van der Waals surface area contributed by atoms with E-state index in [9.17, 15) is 27.5 Å². The molecule has 0 spiro atoms. The highest BCUT2D eigenvalue weighted by molar-refractivity contribution is 6.30. The monoisotopic (exact) mass is 641 g/mol. The molecular formula is C32H28ClF4N5O3. The Morgan fingerprint density at radius 3 is 2.64 bits per heavy atom. The van der Waals surface area contributed by atoms with E-state index in [1.54, 1.807) is 24.7 Å². The Bertz CT molecular complexity index is 1900. The van der Waals surface area contributed by atoms with Crippen LogP contribution in [0.1, 0.15) is 51.1 Å². The van der Waals surface area contributed by atoms with Crippen LogP contribution in [0.2, 0.25) is 5.02 Å². The summed E-state index contributed by atoms with van der Waals surface area (Å²) in [5.74, 6) is -1.41. The van der Waals surface area contributed by atoms with Crippen LogP contribution in [0.3, 0.4) is 0 Å². The number of ether oxygens (including phenoxy) is 1. The van der Waals surface area contributed by atoms with Gasteiger partial charge in [-0.3, -0.25) is 4.90 Å². The maximum atomic E-state index is 14.3. The Morgan fingerprint density at radius 2 is 1.91 bits per heavy atom. The van der Waals surface area contributed by atoms with Gasteiger partial charge in [0.2, 0.25) is 0 Å². The predicted molar refractivity (Wildman–Crippen MR) is 159 cm³/mol. The Kier molecular flexibility index (Phi) is 8.27. The number of aromatic carboxylic acids is 1. The Morgan fingerprint density at radius 1 is 1.09 bits per heavy atom. The lowest BCUT2D eigenvalue weighted by atomic mass is 9.96. The van der Waals surface area contributed by atoms with E-state index < -0.39 is 30.1 Å². The molecule has 0 fully saturated rings. The van der Waals surface area contributed by atoms with Gasteiger partial charge in [-0.25, -0.2) is 19.2 Å². The van der Waals surface area contributed by atoms with E-state index >= 15 is 0 Å². The molecule has 3 heterocycles. The highest BCUT2D eigenvalue weighted by Crippen LogP contribution is 2.40. The summed E-state index contributed by atoms with van der Waals surface area (Å²) in [4.78, 5) is 22.9. The summed E-state index contributed by atoms with van der Waals surface area (Å²) in [6.45, 7) is 3.89. The Hall–Kier alpha value is -4.42. The van der Waals surface area contributed by atoms with Crippen molar-refractivity contribution in [3.63, 3.8) is 0 Å². The first kappa shape index (κ1) is 30.6. The van der Waals surface area contributed by atoms with Crippen molar-refractivity contribution in [2.24, 2.45) is 0 Å². The molecule has 0 aliphatic carbocycles. The van der Waals surface area contributed by atoms with Crippen molar-refractivity contribution >= 4 is 28.6 Å². The van der Waals surface area contributed by atoms with Gasteiger partial charge in [0.05, 0.1) is 47.3 Å². The van der Waals surface area contributed by atoms with Crippen molar-refractivity contribution in [2.75, 3.05) is 6.54 Å². The molecule has 45 heavy (non-hydrogen) atoms. The van der Waals surface area contributed by atoms with E-state index in [1.165, 1.54) is 24.3 Å². The van der Waals surface area contributed by atoms with Crippen molar-refractivity contribution in [2.45, 2.75) is 52.3 Å². The normalized spacial score (nSPS) is 13.7. The van der Waals surface area contributed by atoms with Crippen LogP contribution in [0.25, 0.3) is 11.0 Å². The number of halogens is 5. The summed E-state index contributed by atoms with van der Waals surface area (Å²) < 4.78 is 65.9. The highest BCUT2D eigenvalue weighted by atomic mass is 35.5. The molecule has 0 atom stereocenters. The summed E-state index contributed by atoms with van der Waals surface area (Å²) in [6, 6.07) is 11.2. The first-order chi connectivity index (χ1) is 21.5. The van der Waals surface area contributed by atoms with Crippen LogP contribution in [0.15, 0.2) is 61.1 Å². The number of rotatable bonds is 9. The number of hydrogen-bond acceptors (Lipinski definition) is 5. The molecule has 2 aromatic heterocycles. The molecule has 5 aromatic rings. The molecule has 0 saturated carbocycles. The topological polar surface area (TPSA) is 85.4 Å². The zero-order valence-corrected chi connectivity index (χ0v) is 24.9. The van der Waals surface area contributed by atoms with Gasteiger partial charge in [0.1, 0.15) is 24.0 Å². The summed E-state index contributed by atoms with van der Waals surface area (Å²) in [6.07, 6.45) is -0.803. The average molecular weight is 642 g/mol. The number of aryl methyl sites for hydroxylation is 1. The van der Waals surface area contributed by atoms with Crippen molar-refractivity contribution in [1.82, 2.24) is 24.0 Å². The fourth-order valence-electron chi connectivity index (χ4n) is 5.64. The molecule has 0 saturated heterocycles. The largest absolute Gasteiger partial charge is 0.488 e. The molecule has 0 amide bonds. The molecule has 1 aliphatic rings. The first-order valence-corrected chi connectivity index (χ1v) is 14.6. The maximum Gasteiger partial charge on any atom is 0.419 e. The zero-order chi connectivity index (χ0) is 31.9. The molecule has 1 aliphatic heterocycles. The summed E-state index contributed by atoms with van der Waals surface area (Å²) in [7, 11) is 0. The van der Waals surface area contributed by atoms with Crippen molar-refractivity contribution < 1.29 is 32.2 Å². The fourth-order valence-corrected chi connectivity index (χ4v) is 5.80. The standard InChI is InChI=1S/C32H28ClF4N5O3/c1-2-41-18-38-13-24(41)15-42-28-10-20(31(43)44)4-6-27(28)39-30(42)16-40-8-7-19-9-25(32(35,36)37)29(11-22(19)14-40)45-17-21-3-5-23(33)12-26(21)34/h3-6,9-13,18H,2,7-8,14-17H2,1H3,(H,43,44). The van der Waals surface area contributed by atoms with E-state index in [0.29, 0.717) is 67.1 Å². The Balaban J connectivity index is 1.30. The number of hydrogen-bond donors (Lipinski definition) is 1. The van der Waals surface area contributed by atoms with E-state index in [-0.39, 0.29) is 21.9 Å². The highest BCUT2D eigenvalue weighted by Gasteiger charge is 2.36. The van der Waals surface area contributed by atoms with Crippen LogP contribution < -0.4 is 4.74 Å². The molecule has 0 unspecified atom stereocenters.